The second kappa shape index (κ2) is 14.9. The number of aryl methyl sites for hydroxylation is 2. The number of rotatable bonds is 15. The highest BCUT2D eigenvalue weighted by Crippen LogP contribution is 2.34. The molecule has 0 amide bonds. The lowest BCUT2D eigenvalue weighted by Gasteiger charge is -2.27. The molecule has 0 bridgehead atoms. The van der Waals surface area contributed by atoms with Crippen LogP contribution in [-0.4, -0.2) is 29.9 Å². The molecule has 0 heterocycles. The molecule has 4 rings (SSSR count). The van der Waals surface area contributed by atoms with E-state index in [0.717, 1.165) is 60.8 Å². The number of unbranched alkanes of at least 4 members (excludes halogenated alkanes) is 4. The van der Waals surface area contributed by atoms with Gasteiger partial charge in [0.2, 0.25) is 0 Å². The maximum absolute atomic E-state index is 13.7. The highest BCUT2D eigenvalue weighted by Gasteiger charge is 2.27. The third-order valence-corrected chi connectivity index (χ3v) is 11.5. The lowest BCUT2D eigenvalue weighted by Crippen LogP contribution is -2.32. The molecule has 0 unspecified atom stereocenters. The van der Waals surface area contributed by atoms with Crippen molar-refractivity contribution in [3.05, 3.63) is 108 Å². The Bertz CT molecular complexity index is 1610. The van der Waals surface area contributed by atoms with Gasteiger partial charge in [0.1, 0.15) is 0 Å². The largest absolute Gasteiger partial charge is 0.266 e. The molecule has 0 fully saturated rings. The molecule has 0 aliphatic heterocycles. The predicted octanol–water partition coefficient (Wildman–Crippen LogP) is 8.74. The van der Waals surface area contributed by atoms with Gasteiger partial charge >= 0.3 is 0 Å². The van der Waals surface area contributed by atoms with Gasteiger partial charge in [-0.05, 0) is 97.5 Å². The van der Waals surface area contributed by atoms with Crippen LogP contribution >= 0.6 is 0 Å². The monoisotopic (exact) mass is 632 g/mol. The first-order valence-electron chi connectivity index (χ1n) is 15.5. The summed E-state index contributed by atoms with van der Waals surface area (Å²) in [5, 5.41) is 0. The van der Waals surface area contributed by atoms with E-state index in [9.17, 15) is 16.8 Å². The highest BCUT2D eigenvalue weighted by molar-refractivity contribution is 7.93. The standard InChI is InChI=1S/C36H44N2O4S2/c1-5-7-15-25-37(43(39,40)33-17-11-9-12-18-33)35-23-21-31(27-29(35)3)32-22-24-36(30(4)28-32)38(26-16-8-6-2)44(41,42)34-19-13-10-14-20-34/h9-14,17-24,27-28H,5-8,15-16,25-26H2,1-4H3. The lowest BCUT2D eigenvalue weighted by molar-refractivity contribution is 0.585. The highest BCUT2D eigenvalue weighted by atomic mass is 32.2. The molecular weight excluding hydrogens is 589 g/mol. The summed E-state index contributed by atoms with van der Waals surface area (Å²) in [6.07, 6.45) is 5.42. The maximum atomic E-state index is 13.7. The fourth-order valence-electron chi connectivity index (χ4n) is 5.42. The molecule has 44 heavy (non-hydrogen) atoms. The van der Waals surface area contributed by atoms with Crippen LogP contribution in [0.4, 0.5) is 11.4 Å². The van der Waals surface area contributed by atoms with E-state index in [2.05, 4.69) is 13.8 Å². The summed E-state index contributed by atoms with van der Waals surface area (Å²) >= 11 is 0. The van der Waals surface area contributed by atoms with Gasteiger partial charge in [-0.3, -0.25) is 8.61 Å². The number of nitrogens with zero attached hydrogens (tertiary/aromatic N) is 2. The molecule has 0 N–H and O–H groups in total. The van der Waals surface area contributed by atoms with Crippen LogP contribution in [0.25, 0.3) is 11.1 Å². The first-order chi connectivity index (χ1) is 21.1. The lowest BCUT2D eigenvalue weighted by atomic mass is 9.99. The number of sulfonamides is 2. The van der Waals surface area contributed by atoms with Gasteiger partial charge in [-0.25, -0.2) is 16.8 Å². The zero-order chi connectivity index (χ0) is 31.7. The third-order valence-electron chi connectivity index (χ3n) is 7.86. The maximum Gasteiger partial charge on any atom is 0.264 e. The van der Waals surface area contributed by atoms with Crippen LogP contribution in [0.15, 0.2) is 107 Å². The minimum Gasteiger partial charge on any atom is -0.266 e. The number of anilines is 2. The zero-order valence-electron chi connectivity index (χ0n) is 26.2. The van der Waals surface area contributed by atoms with Crippen LogP contribution in [0.3, 0.4) is 0 Å². The first-order valence-corrected chi connectivity index (χ1v) is 18.4. The average Bonchev–Trinajstić information content (AvgIpc) is 3.03. The molecule has 0 aromatic heterocycles. The van der Waals surface area contributed by atoms with E-state index < -0.39 is 20.0 Å². The van der Waals surface area contributed by atoms with E-state index in [-0.39, 0.29) is 9.79 Å². The van der Waals surface area contributed by atoms with Crippen LogP contribution < -0.4 is 8.61 Å². The van der Waals surface area contributed by atoms with Crippen molar-refractivity contribution in [1.82, 2.24) is 0 Å². The Morgan fingerprint density at radius 2 is 0.864 bits per heavy atom. The number of benzene rings is 4. The molecule has 6 nitrogen and oxygen atoms in total. The minimum absolute atomic E-state index is 0.278. The molecule has 0 aliphatic carbocycles. The van der Waals surface area contributed by atoms with Crippen molar-refractivity contribution < 1.29 is 16.8 Å². The Morgan fingerprint density at radius 1 is 0.500 bits per heavy atom. The predicted molar refractivity (Wildman–Crippen MR) is 182 cm³/mol. The SMILES string of the molecule is CCCCCN(c1ccc(-c2ccc(N(CCCCC)S(=O)(=O)c3ccccc3)c(C)c2)cc1C)S(=O)(=O)c1ccccc1. The van der Waals surface area contributed by atoms with Crippen LogP contribution in [0, 0.1) is 13.8 Å². The summed E-state index contributed by atoms with van der Waals surface area (Å²) in [4.78, 5) is 0.556. The fourth-order valence-corrected chi connectivity index (χ4v) is 8.60. The number of hydrogen-bond donors (Lipinski definition) is 0. The Morgan fingerprint density at radius 3 is 1.18 bits per heavy atom. The van der Waals surface area contributed by atoms with Crippen molar-refractivity contribution in [2.24, 2.45) is 0 Å². The minimum atomic E-state index is -3.73. The molecular formula is C36H44N2O4S2. The molecule has 4 aromatic rings. The van der Waals surface area contributed by atoms with E-state index in [0.29, 0.717) is 24.5 Å². The van der Waals surface area contributed by atoms with Crippen LogP contribution in [0.5, 0.6) is 0 Å². The topological polar surface area (TPSA) is 74.8 Å². The third kappa shape index (κ3) is 7.53. The van der Waals surface area contributed by atoms with Gasteiger partial charge in [-0.1, -0.05) is 88.1 Å². The second-order valence-corrected chi connectivity index (χ2v) is 14.9. The molecule has 8 heteroatoms. The average molecular weight is 633 g/mol. The molecule has 0 saturated heterocycles. The molecule has 4 aromatic carbocycles. The Kier molecular flexibility index (Phi) is 11.3. The molecule has 234 valence electrons. The van der Waals surface area contributed by atoms with Crippen molar-refractivity contribution in [3.63, 3.8) is 0 Å². The summed E-state index contributed by atoms with van der Waals surface area (Å²) in [6.45, 7) is 8.89. The van der Waals surface area contributed by atoms with Crippen molar-refractivity contribution in [1.29, 1.82) is 0 Å². The summed E-state index contributed by atoms with van der Waals surface area (Å²) in [6, 6.07) is 28.9. The second-order valence-electron chi connectivity index (χ2n) is 11.2. The van der Waals surface area contributed by atoms with Gasteiger partial charge in [0.25, 0.3) is 20.0 Å². The van der Waals surface area contributed by atoms with Crippen LogP contribution in [-0.2, 0) is 20.0 Å². The molecule has 0 aliphatic rings. The molecule has 0 saturated carbocycles. The Hall–Kier alpha value is -3.62. The summed E-state index contributed by atoms with van der Waals surface area (Å²) in [5.74, 6) is 0. The van der Waals surface area contributed by atoms with Crippen LogP contribution in [0.2, 0.25) is 0 Å². The van der Waals surface area contributed by atoms with Gasteiger partial charge in [0, 0.05) is 13.1 Å². The van der Waals surface area contributed by atoms with Crippen molar-refractivity contribution in [2.75, 3.05) is 21.7 Å². The normalized spacial score (nSPS) is 11.8. The Balaban J connectivity index is 1.69. The smallest absolute Gasteiger partial charge is 0.264 e. The van der Waals surface area contributed by atoms with Crippen molar-refractivity contribution in [2.45, 2.75) is 76.0 Å². The Labute approximate surface area is 264 Å². The van der Waals surface area contributed by atoms with Crippen molar-refractivity contribution >= 4 is 31.4 Å². The van der Waals surface area contributed by atoms with E-state index >= 15 is 0 Å². The molecule has 0 atom stereocenters. The van der Waals surface area contributed by atoms with Gasteiger partial charge in [-0.2, -0.15) is 0 Å². The van der Waals surface area contributed by atoms with Crippen LogP contribution in [0.1, 0.15) is 63.5 Å². The van der Waals surface area contributed by atoms with E-state index in [1.807, 2.05) is 62.4 Å². The summed E-state index contributed by atoms with van der Waals surface area (Å²) < 4.78 is 58.0. The summed E-state index contributed by atoms with van der Waals surface area (Å²) in [7, 11) is -7.46. The van der Waals surface area contributed by atoms with E-state index in [1.54, 1.807) is 48.5 Å². The van der Waals surface area contributed by atoms with Gasteiger partial charge in [-0.15, -0.1) is 0 Å². The van der Waals surface area contributed by atoms with Gasteiger partial charge in [0.05, 0.1) is 21.2 Å². The quantitative estimate of drug-likeness (QED) is 0.123. The molecule has 0 spiro atoms. The van der Waals surface area contributed by atoms with Gasteiger partial charge < -0.3 is 0 Å². The first kappa shape index (κ1) is 33.3. The number of hydrogen-bond acceptors (Lipinski definition) is 4. The van der Waals surface area contributed by atoms with E-state index in [4.69, 9.17) is 0 Å². The van der Waals surface area contributed by atoms with Gasteiger partial charge in [0.15, 0.2) is 0 Å². The fraction of sp³-hybridized carbons (Fsp3) is 0.333. The zero-order valence-corrected chi connectivity index (χ0v) is 27.9. The van der Waals surface area contributed by atoms with E-state index in [1.165, 1.54) is 8.61 Å². The van der Waals surface area contributed by atoms with Crippen molar-refractivity contribution in [3.8, 4) is 11.1 Å². The molecule has 0 radical (unpaired) electrons. The summed E-state index contributed by atoms with van der Waals surface area (Å²) in [5.41, 5.74) is 4.92.